The second-order valence-corrected chi connectivity index (χ2v) is 6.88. The molecule has 1 aliphatic rings. The van der Waals surface area contributed by atoms with Crippen LogP contribution in [0.4, 0.5) is 4.79 Å². The predicted molar refractivity (Wildman–Crippen MR) is 81.7 cm³/mol. The van der Waals surface area contributed by atoms with Crippen molar-refractivity contribution in [3.8, 4) is 0 Å². The Morgan fingerprint density at radius 3 is 2.44 bits per heavy atom. The molecule has 106 valence electrons. The van der Waals surface area contributed by atoms with Crippen molar-refractivity contribution in [1.82, 2.24) is 8.85 Å². The molecule has 0 spiro atoms. The van der Waals surface area contributed by atoms with Crippen LogP contribution in [0.2, 0.25) is 0 Å². The van der Waals surface area contributed by atoms with Gasteiger partial charge in [-0.15, -0.1) is 0 Å². The van der Waals surface area contributed by atoms with Crippen LogP contribution < -0.4 is 8.85 Å². The number of nitrogens with one attached hydrogen (secondary N) is 2. The summed E-state index contributed by atoms with van der Waals surface area (Å²) in [6.45, 7) is 7.47. The second-order valence-electron chi connectivity index (χ2n) is 6.12. The zero-order chi connectivity index (χ0) is 13.6. The highest BCUT2D eigenvalue weighted by Gasteiger charge is 2.23. The fraction of sp³-hybridized carbons (Fsp3) is 0.923. The lowest BCUT2D eigenvalue weighted by Crippen LogP contribution is -2.37. The van der Waals surface area contributed by atoms with E-state index in [0.717, 1.165) is 19.0 Å². The van der Waals surface area contributed by atoms with E-state index < -0.39 is 5.60 Å². The predicted octanol–water partition coefficient (Wildman–Crippen LogP) is 3.26. The van der Waals surface area contributed by atoms with Gasteiger partial charge in [0.25, 0.3) is 0 Å². The van der Waals surface area contributed by atoms with E-state index >= 15 is 0 Å². The van der Waals surface area contributed by atoms with Crippen molar-refractivity contribution in [3.05, 3.63) is 0 Å². The van der Waals surface area contributed by atoms with E-state index in [0.29, 0.717) is 5.92 Å². The summed E-state index contributed by atoms with van der Waals surface area (Å²) in [7, 11) is 0. The summed E-state index contributed by atoms with van der Waals surface area (Å²) < 4.78 is 8.45. The minimum atomic E-state index is -0.412. The Bertz CT molecular complexity index is 264. The summed E-state index contributed by atoms with van der Waals surface area (Å²) >= 11 is 2.20. The number of rotatable bonds is 4. The Balaban J connectivity index is 2.24. The molecule has 0 heterocycles. The standard InChI is InChI=1S/C13H25IN2O2/c1-13(2,3)18-12(17)15-8-10-5-4-6-11(7-10)9-16-14/h10-11,16H,4-9H2,1-3H3,(H,15,17)/t10-,11+/m0/s1. The van der Waals surface area contributed by atoms with Gasteiger partial charge in [0.2, 0.25) is 0 Å². The number of amides is 1. The molecule has 2 N–H and O–H groups in total. The molecular formula is C13H25IN2O2. The number of hydrogen-bond acceptors (Lipinski definition) is 3. The lowest BCUT2D eigenvalue weighted by Gasteiger charge is -2.29. The van der Waals surface area contributed by atoms with Gasteiger partial charge < -0.3 is 10.1 Å². The van der Waals surface area contributed by atoms with Crippen LogP contribution in [0, 0.1) is 11.8 Å². The Kier molecular flexibility index (Phi) is 6.70. The Hall–Kier alpha value is -0.0400. The first-order valence-electron chi connectivity index (χ1n) is 6.71. The first kappa shape index (κ1) is 16.0. The van der Waals surface area contributed by atoms with E-state index in [9.17, 15) is 4.79 Å². The van der Waals surface area contributed by atoms with Gasteiger partial charge in [-0.1, -0.05) is 6.42 Å². The minimum absolute atomic E-state index is 0.295. The number of hydrogen-bond donors (Lipinski definition) is 2. The summed E-state index contributed by atoms with van der Waals surface area (Å²) in [6.07, 6.45) is 4.69. The molecule has 5 heteroatoms. The fourth-order valence-corrected chi connectivity index (χ4v) is 3.05. The first-order chi connectivity index (χ1) is 8.40. The highest BCUT2D eigenvalue weighted by Crippen LogP contribution is 2.28. The molecule has 1 fully saturated rings. The van der Waals surface area contributed by atoms with E-state index in [1.165, 1.54) is 25.7 Å². The van der Waals surface area contributed by atoms with Crippen LogP contribution in [-0.2, 0) is 4.74 Å². The number of alkyl carbamates (subject to hydrolysis) is 1. The maximum Gasteiger partial charge on any atom is 0.407 e. The monoisotopic (exact) mass is 368 g/mol. The number of carbonyl (C=O) groups is 1. The van der Waals surface area contributed by atoms with Crippen molar-refractivity contribution < 1.29 is 9.53 Å². The molecule has 0 aromatic carbocycles. The molecule has 0 unspecified atom stereocenters. The SMILES string of the molecule is CC(C)(C)OC(=O)NC[C@H]1CCC[C@@H](CNI)C1. The third kappa shape index (κ3) is 6.78. The highest BCUT2D eigenvalue weighted by atomic mass is 127. The second kappa shape index (κ2) is 7.53. The molecule has 1 saturated carbocycles. The van der Waals surface area contributed by atoms with Gasteiger partial charge in [0.05, 0.1) is 0 Å². The molecule has 1 rings (SSSR count). The van der Waals surface area contributed by atoms with E-state index in [1.54, 1.807) is 0 Å². The summed E-state index contributed by atoms with van der Waals surface area (Å²) in [4.78, 5) is 11.6. The summed E-state index contributed by atoms with van der Waals surface area (Å²) in [5.74, 6) is 1.35. The van der Waals surface area contributed by atoms with Crippen LogP contribution in [0.3, 0.4) is 0 Å². The topological polar surface area (TPSA) is 50.4 Å². The van der Waals surface area contributed by atoms with Crippen molar-refractivity contribution in [2.24, 2.45) is 11.8 Å². The van der Waals surface area contributed by atoms with Crippen molar-refractivity contribution in [2.75, 3.05) is 13.1 Å². The van der Waals surface area contributed by atoms with Gasteiger partial charge >= 0.3 is 6.09 Å². The summed E-state index contributed by atoms with van der Waals surface area (Å²) in [5, 5.41) is 2.89. The number of ether oxygens (including phenoxy) is 1. The highest BCUT2D eigenvalue weighted by molar-refractivity contribution is 14.1. The van der Waals surface area contributed by atoms with Gasteiger partial charge in [0.1, 0.15) is 5.60 Å². The zero-order valence-electron chi connectivity index (χ0n) is 11.6. The number of carbonyl (C=O) groups excluding carboxylic acids is 1. The molecule has 1 aliphatic carbocycles. The summed E-state index contributed by atoms with van der Waals surface area (Å²) in [6, 6.07) is 0. The van der Waals surface area contributed by atoms with Crippen molar-refractivity contribution in [3.63, 3.8) is 0 Å². The molecule has 18 heavy (non-hydrogen) atoms. The molecule has 0 aromatic rings. The van der Waals surface area contributed by atoms with E-state index in [-0.39, 0.29) is 6.09 Å². The normalized spacial score (nSPS) is 24.7. The lowest BCUT2D eigenvalue weighted by molar-refractivity contribution is 0.0512. The Labute approximate surface area is 124 Å². The van der Waals surface area contributed by atoms with Crippen molar-refractivity contribution in [1.29, 1.82) is 0 Å². The maximum atomic E-state index is 11.6. The van der Waals surface area contributed by atoms with Gasteiger partial charge in [-0.2, -0.15) is 0 Å². The largest absolute Gasteiger partial charge is 0.444 e. The van der Waals surface area contributed by atoms with Crippen LogP contribution in [0.1, 0.15) is 46.5 Å². The van der Waals surface area contributed by atoms with Crippen LogP contribution in [0.25, 0.3) is 0 Å². The van der Waals surface area contributed by atoms with Gasteiger partial charge in [0, 0.05) is 36.0 Å². The number of halogens is 1. The van der Waals surface area contributed by atoms with Crippen LogP contribution in [-0.4, -0.2) is 24.8 Å². The van der Waals surface area contributed by atoms with Gasteiger partial charge in [-0.25, -0.2) is 4.79 Å². The maximum absolute atomic E-state index is 11.6. The van der Waals surface area contributed by atoms with E-state index in [1.807, 2.05) is 20.8 Å². The molecule has 0 aromatic heterocycles. The van der Waals surface area contributed by atoms with Crippen LogP contribution in [0.5, 0.6) is 0 Å². The quantitative estimate of drug-likeness (QED) is 0.592. The zero-order valence-corrected chi connectivity index (χ0v) is 13.7. The molecular weight excluding hydrogens is 343 g/mol. The molecule has 0 bridgehead atoms. The minimum Gasteiger partial charge on any atom is -0.444 e. The molecule has 0 aliphatic heterocycles. The first-order valence-corrected chi connectivity index (χ1v) is 7.79. The Morgan fingerprint density at radius 1 is 1.28 bits per heavy atom. The lowest BCUT2D eigenvalue weighted by atomic mass is 9.81. The average Bonchev–Trinajstić information content (AvgIpc) is 2.25. The van der Waals surface area contributed by atoms with Gasteiger partial charge in [-0.05, 0) is 51.9 Å². The van der Waals surface area contributed by atoms with Gasteiger partial charge in [-0.3, -0.25) is 3.53 Å². The van der Waals surface area contributed by atoms with E-state index in [4.69, 9.17) is 4.74 Å². The smallest absolute Gasteiger partial charge is 0.407 e. The third-order valence-electron chi connectivity index (χ3n) is 3.19. The third-order valence-corrected chi connectivity index (χ3v) is 3.63. The molecule has 0 radical (unpaired) electrons. The van der Waals surface area contributed by atoms with Crippen LogP contribution in [0.15, 0.2) is 0 Å². The van der Waals surface area contributed by atoms with E-state index in [2.05, 4.69) is 31.7 Å². The molecule has 4 nitrogen and oxygen atoms in total. The van der Waals surface area contributed by atoms with Crippen molar-refractivity contribution >= 4 is 29.0 Å². The fourth-order valence-electron chi connectivity index (χ4n) is 2.42. The van der Waals surface area contributed by atoms with Crippen LogP contribution >= 0.6 is 22.9 Å². The Morgan fingerprint density at radius 2 is 1.89 bits per heavy atom. The van der Waals surface area contributed by atoms with Crippen molar-refractivity contribution in [2.45, 2.75) is 52.1 Å². The molecule has 0 saturated heterocycles. The molecule has 2 atom stereocenters. The average molecular weight is 368 g/mol. The summed E-state index contributed by atoms with van der Waals surface area (Å²) in [5.41, 5.74) is -0.412. The molecule has 1 amide bonds. The van der Waals surface area contributed by atoms with Gasteiger partial charge in [0.15, 0.2) is 0 Å².